The molecule has 4 N–H and O–H groups in total. The number of anilines is 2. The molecule has 0 aliphatic heterocycles. The minimum absolute atomic E-state index is 0. The molecule has 6 rings (SSSR count). The predicted molar refractivity (Wildman–Crippen MR) is 151 cm³/mol. The van der Waals surface area contributed by atoms with E-state index in [1.165, 1.54) is 0 Å². The zero-order chi connectivity index (χ0) is 26.4. The molecular formula is C30H26EuN8. The third kappa shape index (κ3) is 9.10. The predicted octanol–water partition coefficient (Wildman–Crippen LogP) is 5.60. The smallest absolute Gasteiger partial charge is 0.114 e. The molecule has 0 unspecified atom stereocenters. The van der Waals surface area contributed by atoms with Crippen LogP contribution in [0.1, 0.15) is 0 Å². The molecule has 0 amide bonds. The molecule has 0 aliphatic rings. The van der Waals surface area contributed by atoms with Crippen LogP contribution in [0, 0.1) is 49.4 Å². The quantitative estimate of drug-likeness (QED) is 0.254. The second-order valence-corrected chi connectivity index (χ2v) is 7.74. The number of aromatic nitrogens is 6. The van der Waals surface area contributed by atoms with Crippen LogP contribution in [0.25, 0.3) is 34.2 Å². The normalized spacial score (nSPS) is 9.54. The van der Waals surface area contributed by atoms with Crippen molar-refractivity contribution in [3.63, 3.8) is 0 Å². The maximum Gasteiger partial charge on any atom is 0.114 e. The Labute approximate surface area is 268 Å². The fraction of sp³-hybridized carbons (Fsp3) is 0. The van der Waals surface area contributed by atoms with E-state index in [0.29, 0.717) is 17.1 Å². The van der Waals surface area contributed by atoms with Gasteiger partial charge in [-0.25, -0.2) is 0 Å². The summed E-state index contributed by atoms with van der Waals surface area (Å²) in [5.41, 5.74) is 17.5. The molecule has 0 bridgehead atoms. The monoisotopic (exact) mass is 651 g/mol. The van der Waals surface area contributed by atoms with Gasteiger partial charge in [-0.2, -0.15) is 0 Å². The molecule has 193 valence electrons. The SMILES string of the molecule is Nc1ccnc(-c2ccccn2)c1N.[Eu].c1ccc(-c2ccccn2)nc1.c1ccc(-c2ccccn2)nc1. The van der Waals surface area contributed by atoms with Gasteiger partial charge in [0.1, 0.15) is 5.69 Å². The van der Waals surface area contributed by atoms with E-state index in [0.717, 1.165) is 28.5 Å². The summed E-state index contributed by atoms with van der Waals surface area (Å²) < 4.78 is 0. The van der Waals surface area contributed by atoms with Crippen LogP contribution >= 0.6 is 0 Å². The van der Waals surface area contributed by atoms with Gasteiger partial charge in [-0.1, -0.05) is 30.3 Å². The van der Waals surface area contributed by atoms with Crippen LogP contribution in [0.3, 0.4) is 0 Å². The molecule has 8 nitrogen and oxygen atoms in total. The van der Waals surface area contributed by atoms with Crippen LogP contribution in [0.4, 0.5) is 11.4 Å². The Morgan fingerprint density at radius 3 is 1.00 bits per heavy atom. The maximum absolute atomic E-state index is 5.79. The third-order valence-corrected chi connectivity index (χ3v) is 5.12. The van der Waals surface area contributed by atoms with Gasteiger partial charge in [-0.15, -0.1) is 0 Å². The maximum atomic E-state index is 5.79. The van der Waals surface area contributed by atoms with E-state index in [-0.39, 0.29) is 49.4 Å². The molecule has 0 saturated heterocycles. The van der Waals surface area contributed by atoms with Gasteiger partial charge < -0.3 is 11.5 Å². The van der Waals surface area contributed by atoms with Gasteiger partial charge in [0.05, 0.1) is 39.8 Å². The van der Waals surface area contributed by atoms with Crippen molar-refractivity contribution in [3.8, 4) is 34.2 Å². The molecule has 39 heavy (non-hydrogen) atoms. The average molecular weight is 651 g/mol. The zero-order valence-corrected chi connectivity index (χ0v) is 23.3. The molecule has 0 saturated carbocycles. The topological polar surface area (TPSA) is 129 Å². The fourth-order valence-corrected chi connectivity index (χ4v) is 3.25. The van der Waals surface area contributed by atoms with E-state index in [1.807, 2.05) is 91.0 Å². The number of hydrogen-bond donors (Lipinski definition) is 2. The van der Waals surface area contributed by atoms with Gasteiger partial charge in [-0.3, -0.25) is 29.9 Å². The molecule has 0 atom stereocenters. The molecule has 6 heterocycles. The minimum Gasteiger partial charge on any atom is -0.397 e. The number of hydrogen-bond acceptors (Lipinski definition) is 8. The third-order valence-electron chi connectivity index (χ3n) is 5.12. The summed E-state index contributed by atoms with van der Waals surface area (Å²) in [4.78, 5) is 25.0. The van der Waals surface area contributed by atoms with Crippen molar-refractivity contribution in [1.29, 1.82) is 0 Å². The fourth-order valence-electron chi connectivity index (χ4n) is 3.25. The van der Waals surface area contributed by atoms with Crippen molar-refractivity contribution < 1.29 is 49.4 Å². The van der Waals surface area contributed by atoms with E-state index in [2.05, 4.69) is 29.9 Å². The van der Waals surface area contributed by atoms with Crippen molar-refractivity contribution in [2.75, 3.05) is 11.5 Å². The number of pyridine rings is 6. The first kappa shape index (κ1) is 29.6. The molecule has 0 aromatic carbocycles. The average Bonchev–Trinajstić information content (AvgIpc) is 3.01. The Bertz CT molecular complexity index is 1360. The molecule has 0 spiro atoms. The summed E-state index contributed by atoms with van der Waals surface area (Å²) in [7, 11) is 0. The van der Waals surface area contributed by atoms with E-state index >= 15 is 0 Å². The molecule has 0 aliphatic carbocycles. The van der Waals surface area contributed by atoms with Gasteiger partial charge in [0.25, 0.3) is 0 Å². The standard InChI is InChI=1S/C10H10N4.2C10H8N2.Eu/c11-7-4-6-14-10(9(7)12)8-3-1-2-5-13-8;2*1-3-7-11-9(5-1)10-6-2-4-8-12-10;/h1-6H,12H2,(H2,11,14);2*1-8H;. The van der Waals surface area contributed by atoms with E-state index < -0.39 is 0 Å². The Morgan fingerprint density at radius 2 is 0.692 bits per heavy atom. The number of nitrogens with two attached hydrogens (primary N) is 2. The molecule has 6 aromatic heterocycles. The molecular weight excluding hydrogens is 624 g/mol. The van der Waals surface area contributed by atoms with Gasteiger partial charge in [-0.05, 0) is 66.7 Å². The Hall–Kier alpha value is -3.92. The van der Waals surface area contributed by atoms with Crippen LogP contribution in [0.5, 0.6) is 0 Å². The van der Waals surface area contributed by atoms with E-state index in [9.17, 15) is 0 Å². The van der Waals surface area contributed by atoms with Crippen LogP contribution in [-0.2, 0) is 0 Å². The van der Waals surface area contributed by atoms with Crippen molar-refractivity contribution in [3.05, 3.63) is 134 Å². The summed E-state index contributed by atoms with van der Waals surface area (Å²) >= 11 is 0. The number of rotatable bonds is 3. The van der Waals surface area contributed by atoms with Gasteiger partial charge in [0, 0.05) is 86.6 Å². The minimum atomic E-state index is 0. The first-order chi connectivity index (χ1) is 18.7. The summed E-state index contributed by atoms with van der Waals surface area (Å²) in [6, 6.07) is 30.4. The van der Waals surface area contributed by atoms with Gasteiger partial charge in [0.15, 0.2) is 0 Å². The van der Waals surface area contributed by atoms with Crippen molar-refractivity contribution in [2.24, 2.45) is 0 Å². The zero-order valence-electron chi connectivity index (χ0n) is 20.9. The first-order valence-electron chi connectivity index (χ1n) is 11.8. The molecule has 9 heteroatoms. The van der Waals surface area contributed by atoms with E-state index in [1.54, 1.807) is 43.2 Å². The van der Waals surface area contributed by atoms with Crippen LogP contribution in [0.2, 0.25) is 0 Å². The molecule has 1 radical (unpaired) electrons. The largest absolute Gasteiger partial charge is 0.397 e. The van der Waals surface area contributed by atoms with Crippen LogP contribution in [-0.4, -0.2) is 29.9 Å². The molecule has 0 fully saturated rings. The second-order valence-electron chi connectivity index (χ2n) is 7.74. The summed E-state index contributed by atoms with van der Waals surface area (Å²) in [5, 5.41) is 0. The van der Waals surface area contributed by atoms with Crippen molar-refractivity contribution >= 4 is 11.4 Å². The number of nitrogens with zero attached hydrogens (tertiary/aromatic N) is 6. The Kier molecular flexibility index (Phi) is 12.3. The Balaban J connectivity index is 0.000000160. The summed E-state index contributed by atoms with van der Waals surface area (Å²) in [6.45, 7) is 0. The van der Waals surface area contributed by atoms with Gasteiger partial charge in [0.2, 0.25) is 0 Å². The van der Waals surface area contributed by atoms with Crippen molar-refractivity contribution in [2.45, 2.75) is 0 Å². The first-order valence-corrected chi connectivity index (χ1v) is 11.8. The van der Waals surface area contributed by atoms with E-state index in [4.69, 9.17) is 11.5 Å². The van der Waals surface area contributed by atoms with Crippen LogP contribution in [0.15, 0.2) is 134 Å². The van der Waals surface area contributed by atoms with Crippen molar-refractivity contribution in [1.82, 2.24) is 29.9 Å². The Morgan fingerprint density at radius 1 is 0.359 bits per heavy atom. The number of nitrogen functional groups attached to an aromatic ring is 2. The summed E-state index contributed by atoms with van der Waals surface area (Å²) in [6.07, 6.45) is 10.4. The molecule has 6 aromatic rings. The van der Waals surface area contributed by atoms with Gasteiger partial charge >= 0.3 is 0 Å². The summed E-state index contributed by atoms with van der Waals surface area (Å²) in [5.74, 6) is 0. The van der Waals surface area contributed by atoms with Crippen LogP contribution < -0.4 is 11.5 Å². The second kappa shape index (κ2) is 16.1.